The molecule has 2 aromatic carbocycles. The highest BCUT2D eigenvalue weighted by Crippen LogP contribution is 2.33. The van der Waals surface area contributed by atoms with Gasteiger partial charge < -0.3 is 10.2 Å². The molecule has 2 aliphatic rings. The van der Waals surface area contributed by atoms with E-state index in [2.05, 4.69) is 5.32 Å². The Hall–Kier alpha value is -2.97. The van der Waals surface area contributed by atoms with Crippen molar-refractivity contribution in [3.8, 4) is 0 Å². The Morgan fingerprint density at radius 3 is 2.30 bits per heavy atom. The summed E-state index contributed by atoms with van der Waals surface area (Å²) < 4.78 is 27.4. The number of carbonyl (C=O) groups excluding carboxylic acids is 2. The molecule has 0 saturated carbocycles. The van der Waals surface area contributed by atoms with Gasteiger partial charge in [0.25, 0.3) is 0 Å². The van der Waals surface area contributed by atoms with Crippen molar-refractivity contribution in [2.24, 2.45) is 0 Å². The van der Waals surface area contributed by atoms with E-state index in [1.807, 2.05) is 30.3 Å². The average molecular weight is 468 g/mol. The van der Waals surface area contributed by atoms with Crippen molar-refractivity contribution in [1.82, 2.24) is 9.21 Å². The summed E-state index contributed by atoms with van der Waals surface area (Å²) in [6, 6.07) is 13.6. The molecule has 2 aromatic rings. The summed E-state index contributed by atoms with van der Waals surface area (Å²) in [4.78, 5) is 26.8. The van der Waals surface area contributed by atoms with Gasteiger partial charge in [-0.25, -0.2) is 8.42 Å². The van der Waals surface area contributed by atoms with Crippen molar-refractivity contribution in [2.75, 3.05) is 18.4 Å². The van der Waals surface area contributed by atoms with Crippen LogP contribution in [0.3, 0.4) is 0 Å². The van der Waals surface area contributed by atoms with Gasteiger partial charge in [-0.1, -0.05) is 37.1 Å². The highest BCUT2D eigenvalue weighted by atomic mass is 32.2. The average Bonchev–Trinajstić information content (AvgIpc) is 3.10. The standard InChI is InChI=1S/C25H29N3O4S/c1-19(29)28-17-14-20-8-4-5-9-23(20)24(28)18-25(30)26-21-10-12-22(13-11-21)33(31,32)27-15-6-2-3-7-16-27/h4-5,8-14,17,24H,2-3,6-7,15-16,18H2,1H3,(H,26,30)/t24-/m1/s1. The van der Waals surface area contributed by atoms with Crippen LogP contribution in [0.15, 0.2) is 59.6 Å². The van der Waals surface area contributed by atoms with Gasteiger partial charge in [-0.05, 0) is 54.3 Å². The molecular weight excluding hydrogens is 438 g/mol. The third kappa shape index (κ3) is 5.17. The molecule has 1 atom stereocenters. The van der Waals surface area contributed by atoms with Gasteiger partial charge in [0.1, 0.15) is 0 Å². The lowest BCUT2D eigenvalue weighted by Gasteiger charge is -2.32. The first-order valence-electron chi connectivity index (χ1n) is 11.3. The van der Waals surface area contributed by atoms with Crippen molar-refractivity contribution in [1.29, 1.82) is 0 Å². The lowest BCUT2D eigenvalue weighted by atomic mass is 9.93. The maximum Gasteiger partial charge on any atom is 0.243 e. The predicted molar refractivity (Wildman–Crippen MR) is 128 cm³/mol. The minimum absolute atomic E-state index is 0.0920. The summed E-state index contributed by atoms with van der Waals surface area (Å²) in [7, 11) is -3.53. The van der Waals surface area contributed by atoms with Gasteiger partial charge >= 0.3 is 0 Å². The third-order valence-electron chi connectivity index (χ3n) is 6.19. The first-order chi connectivity index (χ1) is 15.9. The topological polar surface area (TPSA) is 86.8 Å². The van der Waals surface area contributed by atoms with Gasteiger partial charge in [0, 0.05) is 31.9 Å². The number of rotatable bonds is 5. The maximum absolute atomic E-state index is 12.9. The van der Waals surface area contributed by atoms with E-state index in [0.717, 1.165) is 36.8 Å². The zero-order valence-corrected chi connectivity index (χ0v) is 19.6. The molecule has 2 heterocycles. The van der Waals surface area contributed by atoms with E-state index in [9.17, 15) is 18.0 Å². The van der Waals surface area contributed by atoms with Crippen LogP contribution >= 0.6 is 0 Å². The van der Waals surface area contributed by atoms with E-state index >= 15 is 0 Å². The quantitative estimate of drug-likeness (QED) is 0.716. The molecule has 0 bridgehead atoms. The Labute approximate surface area is 195 Å². The number of fused-ring (bicyclic) bond motifs is 1. The SMILES string of the molecule is CC(=O)N1C=Cc2ccccc2[C@H]1CC(=O)Nc1ccc(S(=O)(=O)N2CCCCCC2)cc1. The highest BCUT2D eigenvalue weighted by Gasteiger charge is 2.28. The molecule has 1 fully saturated rings. The monoisotopic (exact) mass is 467 g/mol. The molecule has 0 aliphatic carbocycles. The lowest BCUT2D eigenvalue weighted by Crippen LogP contribution is -2.33. The van der Waals surface area contributed by atoms with Crippen LogP contribution in [0.4, 0.5) is 5.69 Å². The summed E-state index contributed by atoms with van der Waals surface area (Å²) in [5.41, 5.74) is 2.42. The van der Waals surface area contributed by atoms with Gasteiger partial charge in [0.05, 0.1) is 17.4 Å². The second-order valence-electron chi connectivity index (χ2n) is 8.48. The molecule has 1 saturated heterocycles. The van der Waals surface area contributed by atoms with E-state index in [-0.39, 0.29) is 23.1 Å². The van der Waals surface area contributed by atoms with E-state index < -0.39 is 16.1 Å². The summed E-state index contributed by atoms with van der Waals surface area (Å²) in [6.07, 6.45) is 7.54. The molecule has 0 radical (unpaired) electrons. The minimum Gasteiger partial charge on any atom is -0.326 e. The molecule has 174 valence electrons. The molecule has 8 heteroatoms. The zero-order valence-electron chi connectivity index (χ0n) is 18.7. The Morgan fingerprint density at radius 2 is 1.64 bits per heavy atom. The van der Waals surface area contributed by atoms with Crippen LogP contribution in [0.5, 0.6) is 0 Å². The summed E-state index contributed by atoms with van der Waals surface area (Å²) >= 11 is 0. The van der Waals surface area contributed by atoms with Crippen LogP contribution in [0.1, 0.15) is 56.2 Å². The fourth-order valence-corrected chi connectivity index (χ4v) is 5.96. The van der Waals surface area contributed by atoms with E-state index in [1.54, 1.807) is 27.5 Å². The summed E-state index contributed by atoms with van der Waals surface area (Å²) in [6.45, 7) is 2.57. The second-order valence-corrected chi connectivity index (χ2v) is 10.4. The van der Waals surface area contributed by atoms with Gasteiger partial charge in [-0.2, -0.15) is 4.31 Å². The number of sulfonamides is 1. The molecule has 4 rings (SSSR count). The molecule has 7 nitrogen and oxygen atoms in total. The van der Waals surface area contributed by atoms with Crippen molar-refractivity contribution < 1.29 is 18.0 Å². The highest BCUT2D eigenvalue weighted by molar-refractivity contribution is 7.89. The smallest absolute Gasteiger partial charge is 0.243 e. The number of hydrogen-bond donors (Lipinski definition) is 1. The Kier molecular flexibility index (Phi) is 6.95. The number of nitrogens with one attached hydrogen (secondary N) is 1. The van der Waals surface area contributed by atoms with Crippen LogP contribution in [0, 0.1) is 0 Å². The van der Waals surface area contributed by atoms with Gasteiger partial charge in [0.15, 0.2) is 0 Å². The number of benzene rings is 2. The predicted octanol–water partition coefficient (Wildman–Crippen LogP) is 4.15. The van der Waals surface area contributed by atoms with Crippen LogP contribution in [0.2, 0.25) is 0 Å². The molecule has 0 unspecified atom stereocenters. The molecule has 0 spiro atoms. The zero-order chi connectivity index (χ0) is 23.4. The number of hydrogen-bond acceptors (Lipinski definition) is 4. The van der Waals surface area contributed by atoms with E-state index in [4.69, 9.17) is 0 Å². The van der Waals surface area contributed by atoms with E-state index in [0.29, 0.717) is 18.8 Å². The molecule has 2 aliphatic heterocycles. The first-order valence-corrected chi connectivity index (χ1v) is 12.8. The van der Waals surface area contributed by atoms with Crippen molar-refractivity contribution in [2.45, 2.75) is 50.0 Å². The Bertz CT molecular complexity index is 1150. The van der Waals surface area contributed by atoms with E-state index in [1.165, 1.54) is 19.1 Å². The van der Waals surface area contributed by atoms with Gasteiger partial charge in [-0.3, -0.25) is 9.59 Å². The summed E-state index contributed by atoms with van der Waals surface area (Å²) in [5, 5.41) is 2.84. The minimum atomic E-state index is -3.53. The third-order valence-corrected chi connectivity index (χ3v) is 8.10. The molecule has 33 heavy (non-hydrogen) atoms. The van der Waals surface area contributed by atoms with Crippen LogP contribution in [0.25, 0.3) is 6.08 Å². The van der Waals surface area contributed by atoms with Gasteiger partial charge in [-0.15, -0.1) is 0 Å². The van der Waals surface area contributed by atoms with Crippen LogP contribution in [-0.4, -0.2) is 42.5 Å². The normalized spacial score (nSPS) is 18.9. The fraction of sp³-hybridized carbons (Fsp3) is 0.360. The van der Waals surface area contributed by atoms with Crippen molar-refractivity contribution in [3.63, 3.8) is 0 Å². The number of nitrogens with zero attached hydrogens (tertiary/aromatic N) is 2. The number of carbonyl (C=O) groups is 2. The molecule has 1 N–H and O–H groups in total. The van der Waals surface area contributed by atoms with Crippen LogP contribution < -0.4 is 5.32 Å². The fourth-order valence-electron chi connectivity index (χ4n) is 4.44. The maximum atomic E-state index is 12.9. The number of anilines is 1. The van der Waals surface area contributed by atoms with Crippen LogP contribution in [-0.2, 0) is 19.6 Å². The largest absolute Gasteiger partial charge is 0.326 e. The first kappa shape index (κ1) is 23.2. The Morgan fingerprint density at radius 1 is 0.970 bits per heavy atom. The lowest BCUT2D eigenvalue weighted by molar-refractivity contribution is -0.129. The van der Waals surface area contributed by atoms with Gasteiger partial charge in [0.2, 0.25) is 21.8 Å². The van der Waals surface area contributed by atoms with Crippen molar-refractivity contribution >= 4 is 33.6 Å². The van der Waals surface area contributed by atoms with Crippen molar-refractivity contribution in [3.05, 3.63) is 65.9 Å². The molecular formula is C25H29N3O4S. The second kappa shape index (κ2) is 9.89. The molecule has 0 aromatic heterocycles. The summed E-state index contributed by atoms with van der Waals surface area (Å²) in [5.74, 6) is -0.388. The number of amides is 2. The molecule has 2 amide bonds. The Balaban J connectivity index is 1.45.